The van der Waals surface area contributed by atoms with Crippen molar-refractivity contribution >= 4 is 22.1 Å². The molecule has 2 nitrogen and oxygen atoms in total. The topological polar surface area (TPSA) is 24.1 Å². The molecule has 1 aliphatic rings. The first-order valence-corrected chi connectivity index (χ1v) is 7.24. The molecule has 5 heteroatoms. The normalized spacial score (nSPS) is 14.4. The van der Waals surface area contributed by atoms with E-state index in [4.69, 9.17) is 0 Å². The van der Waals surface area contributed by atoms with Gasteiger partial charge in [0.1, 0.15) is 6.17 Å². The summed E-state index contributed by atoms with van der Waals surface area (Å²) in [6, 6.07) is 17.1. The van der Waals surface area contributed by atoms with Gasteiger partial charge in [0.15, 0.2) is 0 Å². The van der Waals surface area contributed by atoms with E-state index in [1.54, 1.807) is 6.07 Å². The molecule has 0 saturated carbocycles. The van der Waals surface area contributed by atoms with Gasteiger partial charge in [-0.15, -0.1) is 0 Å². The van der Waals surface area contributed by atoms with E-state index in [-0.39, 0.29) is 0 Å². The molecule has 0 saturated heterocycles. The van der Waals surface area contributed by atoms with E-state index in [1.165, 1.54) is 12.1 Å². The van der Waals surface area contributed by atoms with Crippen molar-refractivity contribution in [1.82, 2.24) is 0 Å². The fourth-order valence-electron chi connectivity index (χ4n) is 2.99. The van der Waals surface area contributed by atoms with Gasteiger partial charge in [-0.2, -0.15) is 13.2 Å². The van der Waals surface area contributed by atoms with E-state index in [0.717, 1.165) is 28.2 Å². The van der Waals surface area contributed by atoms with E-state index < -0.39 is 17.9 Å². The molecule has 1 heterocycles. The van der Waals surface area contributed by atoms with Gasteiger partial charge in [-0.3, -0.25) is 0 Å². The molecule has 0 unspecified atom stereocenters. The molecule has 1 aliphatic heterocycles. The number of anilines is 2. The van der Waals surface area contributed by atoms with Crippen molar-refractivity contribution in [3.8, 4) is 0 Å². The standard InChI is InChI=1S/C18H13F3N2/c19-18(20,21)13-7-1-6-12(10-13)17-22-14-8-2-4-11-5-3-9-15(23-17)16(11)14/h1-10,17,22-23H. The van der Waals surface area contributed by atoms with Crippen LogP contribution in [0.15, 0.2) is 60.7 Å². The lowest BCUT2D eigenvalue weighted by atomic mass is 10.0. The van der Waals surface area contributed by atoms with Crippen molar-refractivity contribution in [2.24, 2.45) is 0 Å². The largest absolute Gasteiger partial charge is 0.416 e. The Labute approximate surface area is 130 Å². The number of rotatable bonds is 1. The van der Waals surface area contributed by atoms with Crippen molar-refractivity contribution in [2.45, 2.75) is 12.3 Å². The highest BCUT2D eigenvalue weighted by atomic mass is 19.4. The van der Waals surface area contributed by atoms with Gasteiger partial charge in [-0.25, -0.2) is 0 Å². The van der Waals surface area contributed by atoms with Gasteiger partial charge in [-0.1, -0.05) is 36.4 Å². The average Bonchev–Trinajstić information content (AvgIpc) is 2.55. The maximum Gasteiger partial charge on any atom is 0.416 e. The predicted molar refractivity (Wildman–Crippen MR) is 85.4 cm³/mol. The second kappa shape index (κ2) is 4.91. The van der Waals surface area contributed by atoms with Gasteiger partial charge in [-0.05, 0) is 35.2 Å². The maximum absolute atomic E-state index is 12.9. The van der Waals surface area contributed by atoms with Crippen LogP contribution in [0.4, 0.5) is 24.5 Å². The summed E-state index contributed by atoms with van der Waals surface area (Å²) < 4.78 is 38.8. The van der Waals surface area contributed by atoms with Crippen LogP contribution in [0.1, 0.15) is 17.3 Å². The Morgan fingerprint density at radius 1 is 0.783 bits per heavy atom. The highest BCUT2D eigenvalue weighted by Crippen LogP contribution is 2.39. The van der Waals surface area contributed by atoms with Crippen LogP contribution in [0.3, 0.4) is 0 Å². The number of hydrogen-bond acceptors (Lipinski definition) is 2. The molecule has 2 N–H and O–H groups in total. The van der Waals surface area contributed by atoms with Crippen molar-refractivity contribution in [2.75, 3.05) is 10.6 Å². The van der Waals surface area contributed by atoms with Crippen molar-refractivity contribution in [1.29, 1.82) is 0 Å². The minimum absolute atomic E-state index is 0.405. The fraction of sp³-hybridized carbons (Fsp3) is 0.111. The second-order valence-electron chi connectivity index (χ2n) is 5.55. The quantitative estimate of drug-likeness (QED) is 0.629. The van der Waals surface area contributed by atoms with Crippen LogP contribution in [0.25, 0.3) is 10.8 Å². The number of halogens is 3. The molecular formula is C18H13F3N2. The third-order valence-corrected chi connectivity index (χ3v) is 4.05. The molecule has 4 rings (SSSR count). The molecule has 3 aromatic carbocycles. The van der Waals surface area contributed by atoms with Crippen LogP contribution < -0.4 is 10.6 Å². The molecule has 0 atom stereocenters. The van der Waals surface area contributed by atoms with E-state index >= 15 is 0 Å². The van der Waals surface area contributed by atoms with Crippen LogP contribution in [0.5, 0.6) is 0 Å². The van der Waals surface area contributed by atoms with Crippen LogP contribution in [-0.2, 0) is 6.18 Å². The minimum Gasteiger partial charge on any atom is -0.361 e. The van der Waals surface area contributed by atoms with Crippen LogP contribution >= 0.6 is 0 Å². The molecule has 0 amide bonds. The van der Waals surface area contributed by atoms with Gasteiger partial charge in [0, 0.05) is 16.8 Å². The van der Waals surface area contributed by atoms with E-state index in [9.17, 15) is 13.2 Å². The molecule has 3 aromatic rings. The molecule has 0 bridgehead atoms. The zero-order chi connectivity index (χ0) is 16.0. The summed E-state index contributed by atoms with van der Waals surface area (Å²) in [7, 11) is 0. The van der Waals surface area contributed by atoms with E-state index in [0.29, 0.717) is 5.56 Å². The summed E-state index contributed by atoms with van der Waals surface area (Å²) in [5.41, 5.74) is 1.74. The highest BCUT2D eigenvalue weighted by Gasteiger charge is 2.31. The average molecular weight is 314 g/mol. The molecular weight excluding hydrogens is 301 g/mol. The summed E-state index contributed by atoms with van der Waals surface area (Å²) >= 11 is 0. The van der Waals surface area contributed by atoms with Gasteiger partial charge >= 0.3 is 6.18 Å². The summed E-state index contributed by atoms with van der Waals surface area (Å²) in [4.78, 5) is 0. The Morgan fingerprint density at radius 3 is 2.00 bits per heavy atom. The first kappa shape index (κ1) is 13.9. The smallest absolute Gasteiger partial charge is 0.361 e. The Bertz CT molecular complexity index is 846. The summed E-state index contributed by atoms with van der Waals surface area (Å²) in [6.07, 6.45) is -4.75. The van der Waals surface area contributed by atoms with Gasteiger partial charge in [0.05, 0.1) is 5.56 Å². The van der Waals surface area contributed by atoms with Crippen LogP contribution in [-0.4, -0.2) is 0 Å². The van der Waals surface area contributed by atoms with Crippen molar-refractivity contribution in [3.63, 3.8) is 0 Å². The van der Waals surface area contributed by atoms with Crippen LogP contribution in [0, 0.1) is 0 Å². The Balaban J connectivity index is 1.76. The van der Waals surface area contributed by atoms with Crippen LogP contribution in [0.2, 0.25) is 0 Å². The van der Waals surface area contributed by atoms with E-state index in [2.05, 4.69) is 10.6 Å². The molecule has 0 fully saturated rings. The number of alkyl halides is 3. The minimum atomic E-state index is -4.34. The van der Waals surface area contributed by atoms with Gasteiger partial charge in [0.2, 0.25) is 0 Å². The molecule has 23 heavy (non-hydrogen) atoms. The Kier molecular flexibility index (Phi) is 2.98. The summed E-state index contributed by atoms with van der Waals surface area (Å²) in [6.45, 7) is 0. The monoisotopic (exact) mass is 314 g/mol. The van der Waals surface area contributed by atoms with Gasteiger partial charge in [0.25, 0.3) is 0 Å². The number of nitrogens with one attached hydrogen (secondary N) is 2. The summed E-state index contributed by atoms with van der Waals surface area (Å²) in [5, 5.41) is 8.70. The third-order valence-electron chi connectivity index (χ3n) is 4.05. The Hall–Kier alpha value is -2.69. The van der Waals surface area contributed by atoms with Crippen molar-refractivity contribution < 1.29 is 13.2 Å². The zero-order valence-corrected chi connectivity index (χ0v) is 12.0. The van der Waals surface area contributed by atoms with Gasteiger partial charge < -0.3 is 10.6 Å². The van der Waals surface area contributed by atoms with Crippen molar-refractivity contribution in [3.05, 3.63) is 71.8 Å². The second-order valence-corrected chi connectivity index (χ2v) is 5.55. The molecule has 0 aliphatic carbocycles. The molecule has 0 radical (unpaired) electrons. The summed E-state index contributed by atoms with van der Waals surface area (Å²) in [5.74, 6) is 0. The lowest BCUT2D eigenvalue weighted by molar-refractivity contribution is -0.137. The predicted octanol–water partition coefficient (Wildman–Crippen LogP) is 5.39. The zero-order valence-electron chi connectivity index (χ0n) is 12.0. The highest BCUT2D eigenvalue weighted by molar-refractivity contribution is 6.04. The Morgan fingerprint density at radius 2 is 1.39 bits per heavy atom. The van der Waals surface area contributed by atoms with E-state index in [1.807, 2.05) is 36.4 Å². The molecule has 0 aromatic heterocycles. The first-order chi connectivity index (χ1) is 11.0. The number of benzene rings is 3. The lowest BCUT2D eigenvalue weighted by Crippen LogP contribution is -2.24. The fourth-order valence-corrected chi connectivity index (χ4v) is 2.99. The SMILES string of the molecule is FC(F)(F)c1cccc(C2Nc3cccc4cccc(c34)N2)c1. The molecule has 116 valence electrons. The third kappa shape index (κ3) is 2.38. The maximum atomic E-state index is 12.9. The number of hydrogen-bond donors (Lipinski definition) is 2. The first-order valence-electron chi connectivity index (χ1n) is 7.24. The lowest BCUT2D eigenvalue weighted by Gasteiger charge is -2.30. The molecule has 0 spiro atoms.